The largest absolute Gasteiger partial charge is 0.349 e. The second kappa shape index (κ2) is 4.50. The van der Waals surface area contributed by atoms with Gasteiger partial charge in [-0.2, -0.15) is 0 Å². The molecule has 0 atom stereocenters. The van der Waals surface area contributed by atoms with Crippen LogP contribution < -0.4 is 0 Å². The van der Waals surface area contributed by atoms with Gasteiger partial charge in [-0.1, -0.05) is 38.5 Å². The fraction of sp³-hybridized carbons (Fsp3) is 0.200. The summed E-state index contributed by atoms with van der Waals surface area (Å²) in [5, 5.41) is 0. The summed E-state index contributed by atoms with van der Waals surface area (Å²) in [5.41, 5.74) is 4.70. The molecule has 0 unspecified atom stereocenters. The van der Waals surface area contributed by atoms with Gasteiger partial charge in [0.05, 0.1) is 6.67 Å². The summed E-state index contributed by atoms with van der Waals surface area (Å²) in [7, 11) is 0. The van der Waals surface area contributed by atoms with Crippen molar-refractivity contribution in [3.05, 3.63) is 73.2 Å². The Bertz CT molecular complexity index is 452. The Morgan fingerprint density at radius 1 is 1.00 bits per heavy atom. The van der Waals surface area contributed by atoms with Crippen LogP contribution in [0.1, 0.15) is 0 Å². The van der Waals surface area contributed by atoms with Gasteiger partial charge in [-0.05, 0) is 23.3 Å². The molecule has 2 heterocycles. The van der Waals surface area contributed by atoms with E-state index in [2.05, 4.69) is 36.1 Å². The third-order valence-corrected chi connectivity index (χ3v) is 3.17. The lowest BCUT2D eigenvalue weighted by atomic mass is 10.0. The molecule has 0 saturated carbocycles. The average molecular weight is 226 g/mol. The van der Waals surface area contributed by atoms with Crippen LogP contribution in [0.2, 0.25) is 0 Å². The van der Waals surface area contributed by atoms with Gasteiger partial charge in [0.15, 0.2) is 0 Å². The van der Waals surface area contributed by atoms with E-state index in [1.54, 1.807) is 0 Å². The Hall–Kier alpha value is -1.96. The first-order valence-corrected chi connectivity index (χ1v) is 5.70. The third kappa shape index (κ3) is 1.86. The smallest absolute Gasteiger partial charge is 0.0910 e. The first kappa shape index (κ1) is 11.5. The molecule has 17 heavy (non-hydrogen) atoms. The molecule has 2 rings (SSSR count). The highest BCUT2D eigenvalue weighted by Gasteiger charge is 2.29. The molecule has 2 heteroatoms. The van der Waals surface area contributed by atoms with Crippen LogP contribution in [-0.4, -0.2) is 29.6 Å². The first-order chi connectivity index (χ1) is 8.21. The van der Waals surface area contributed by atoms with Crippen molar-refractivity contribution >= 4 is 0 Å². The average Bonchev–Trinajstić information content (AvgIpc) is 2.33. The van der Waals surface area contributed by atoms with Crippen LogP contribution in [0.5, 0.6) is 0 Å². The van der Waals surface area contributed by atoms with E-state index in [0.29, 0.717) is 0 Å². The van der Waals surface area contributed by atoms with Crippen molar-refractivity contribution in [2.24, 2.45) is 0 Å². The van der Waals surface area contributed by atoms with Crippen LogP contribution in [0.3, 0.4) is 0 Å². The summed E-state index contributed by atoms with van der Waals surface area (Å²) in [6.07, 6.45) is 7.66. The topological polar surface area (TPSA) is 6.48 Å². The Labute approximate surface area is 103 Å². The summed E-state index contributed by atoms with van der Waals surface area (Å²) >= 11 is 0. The molecule has 0 spiro atoms. The zero-order chi connectivity index (χ0) is 12.4. The molecule has 0 aromatic heterocycles. The molecule has 0 amide bonds. The Balaban J connectivity index is 2.43. The highest BCUT2D eigenvalue weighted by atomic mass is 15.4. The highest BCUT2D eigenvalue weighted by molar-refractivity contribution is 5.42. The van der Waals surface area contributed by atoms with Crippen LogP contribution in [-0.2, 0) is 0 Å². The van der Waals surface area contributed by atoms with E-state index in [1.807, 2.05) is 24.3 Å². The molecule has 0 N–H and O–H groups in total. The van der Waals surface area contributed by atoms with Crippen LogP contribution in [0.4, 0.5) is 0 Å². The normalized spacial score (nSPS) is 21.9. The molecule has 0 radical (unpaired) electrons. The predicted molar refractivity (Wildman–Crippen MR) is 73.1 cm³/mol. The number of rotatable bonds is 3. The molecular formula is C15H18N2. The van der Waals surface area contributed by atoms with Crippen LogP contribution in [0.25, 0.3) is 0 Å². The van der Waals surface area contributed by atoms with Gasteiger partial charge < -0.3 is 9.80 Å². The van der Waals surface area contributed by atoms with E-state index in [0.717, 1.165) is 25.3 Å². The Morgan fingerprint density at radius 2 is 1.76 bits per heavy atom. The first-order valence-electron chi connectivity index (χ1n) is 5.70. The Kier molecular flexibility index (Phi) is 3.05. The van der Waals surface area contributed by atoms with E-state index >= 15 is 0 Å². The van der Waals surface area contributed by atoms with Crippen molar-refractivity contribution in [2.75, 3.05) is 19.8 Å². The fourth-order valence-electron chi connectivity index (χ4n) is 2.42. The maximum absolute atomic E-state index is 4.13. The fourth-order valence-corrected chi connectivity index (χ4v) is 2.42. The van der Waals surface area contributed by atoms with Gasteiger partial charge in [-0.15, -0.1) is 0 Å². The van der Waals surface area contributed by atoms with Gasteiger partial charge in [0.1, 0.15) is 0 Å². The van der Waals surface area contributed by atoms with Gasteiger partial charge in [0.2, 0.25) is 0 Å². The summed E-state index contributed by atoms with van der Waals surface area (Å²) in [5.74, 6) is 0. The zero-order valence-corrected chi connectivity index (χ0v) is 10.2. The van der Waals surface area contributed by atoms with Gasteiger partial charge in [0.25, 0.3) is 0 Å². The minimum atomic E-state index is 0.842. The van der Waals surface area contributed by atoms with Crippen molar-refractivity contribution in [3.63, 3.8) is 0 Å². The molecule has 1 fully saturated rings. The van der Waals surface area contributed by atoms with E-state index in [-0.39, 0.29) is 0 Å². The van der Waals surface area contributed by atoms with E-state index in [9.17, 15) is 0 Å². The lowest BCUT2D eigenvalue weighted by molar-refractivity contribution is 0.176. The Morgan fingerprint density at radius 3 is 2.35 bits per heavy atom. The molecule has 0 aromatic rings. The standard InChI is InChI=1S/C15H18N2/c1-5-8-15-12(4)9-16-11-17(15)10-13(6-2)14(16)7-3/h5-8H,1-4,9-11H2/b15-8+. The number of allylic oxidation sites excluding steroid dienone is 3. The zero-order valence-electron chi connectivity index (χ0n) is 10.2. The van der Waals surface area contributed by atoms with Gasteiger partial charge >= 0.3 is 0 Å². The molecule has 1 saturated heterocycles. The summed E-state index contributed by atoms with van der Waals surface area (Å²) in [6, 6.07) is 0. The summed E-state index contributed by atoms with van der Waals surface area (Å²) in [6.45, 7) is 18.2. The van der Waals surface area contributed by atoms with Crippen molar-refractivity contribution in [1.82, 2.24) is 9.80 Å². The number of hydrogen-bond acceptors (Lipinski definition) is 2. The molecule has 2 nitrogen and oxygen atoms in total. The lowest BCUT2D eigenvalue weighted by Gasteiger charge is -2.46. The van der Waals surface area contributed by atoms with E-state index < -0.39 is 0 Å². The van der Waals surface area contributed by atoms with Gasteiger partial charge in [0, 0.05) is 24.5 Å². The molecule has 2 aliphatic rings. The summed E-state index contributed by atoms with van der Waals surface area (Å²) in [4.78, 5) is 4.56. The number of fused-ring (bicyclic) bond motifs is 2. The quantitative estimate of drug-likeness (QED) is 0.730. The van der Waals surface area contributed by atoms with Crippen LogP contribution in [0.15, 0.2) is 73.2 Å². The monoisotopic (exact) mass is 226 g/mol. The second-order valence-corrected chi connectivity index (χ2v) is 4.25. The molecule has 0 aromatic carbocycles. The molecule has 88 valence electrons. The minimum absolute atomic E-state index is 0.842. The third-order valence-electron chi connectivity index (χ3n) is 3.17. The number of hydrogen-bond donors (Lipinski definition) is 0. The molecular weight excluding hydrogens is 208 g/mol. The van der Waals surface area contributed by atoms with Crippen LogP contribution in [0, 0.1) is 0 Å². The van der Waals surface area contributed by atoms with Gasteiger partial charge in [-0.3, -0.25) is 0 Å². The van der Waals surface area contributed by atoms with E-state index in [1.165, 1.54) is 17.0 Å². The molecule has 2 bridgehead atoms. The molecule has 2 aliphatic heterocycles. The minimum Gasteiger partial charge on any atom is -0.349 e. The maximum atomic E-state index is 4.13. The maximum Gasteiger partial charge on any atom is 0.0910 e. The summed E-state index contributed by atoms with van der Waals surface area (Å²) < 4.78 is 0. The van der Waals surface area contributed by atoms with E-state index in [4.69, 9.17) is 0 Å². The van der Waals surface area contributed by atoms with Crippen molar-refractivity contribution < 1.29 is 0 Å². The number of nitrogens with zero attached hydrogens (tertiary/aromatic N) is 2. The highest BCUT2D eigenvalue weighted by Crippen LogP contribution is 2.31. The van der Waals surface area contributed by atoms with Crippen molar-refractivity contribution in [2.45, 2.75) is 0 Å². The SMILES string of the molecule is C=C/C=C1\C(=C)CN2CN1CC(C=C)=C2C=C. The van der Waals surface area contributed by atoms with Crippen LogP contribution >= 0.6 is 0 Å². The van der Waals surface area contributed by atoms with Crippen molar-refractivity contribution in [3.8, 4) is 0 Å². The van der Waals surface area contributed by atoms with Crippen molar-refractivity contribution in [1.29, 1.82) is 0 Å². The lowest BCUT2D eigenvalue weighted by Crippen LogP contribution is -2.48. The predicted octanol–water partition coefficient (Wildman–Crippen LogP) is 2.83. The second-order valence-electron chi connectivity index (χ2n) is 4.25. The molecule has 0 aliphatic carbocycles. The van der Waals surface area contributed by atoms with Gasteiger partial charge in [-0.25, -0.2) is 0 Å².